The van der Waals surface area contributed by atoms with E-state index in [0.29, 0.717) is 45.8 Å². The Morgan fingerprint density at radius 3 is 2.39 bits per heavy atom. The number of amides is 2. The summed E-state index contributed by atoms with van der Waals surface area (Å²) in [6.45, 7) is 2.08. The number of methoxy groups -OCH3 is 1. The van der Waals surface area contributed by atoms with E-state index >= 15 is 0 Å². The predicted molar refractivity (Wildman–Crippen MR) is 81.9 cm³/mol. The summed E-state index contributed by atoms with van der Waals surface area (Å²) in [5.41, 5.74) is 0. The molecular weight excluding hydrogens is 304 g/mol. The highest BCUT2D eigenvalue weighted by Crippen LogP contribution is 2.17. The van der Waals surface area contributed by atoms with Crippen molar-refractivity contribution >= 4 is 17.8 Å². The number of ether oxygens (including phenoxy) is 2. The van der Waals surface area contributed by atoms with Crippen molar-refractivity contribution in [2.45, 2.75) is 19.3 Å². The SMILES string of the molecule is COCCOCCC(=O)N(C)CC(=O)N1CCC(C(=O)O)CC1. The molecule has 8 heteroatoms. The number of hydrogen-bond acceptors (Lipinski definition) is 5. The topological polar surface area (TPSA) is 96.4 Å². The highest BCUT2D eigenvalue weighted by atomic mass is 16.5. The molecule has 1 rings (SSSR count). The van der Waals surface area contributed by atoms with Gasteiger partial charge in [0.1, 0.15) is 0 Å². The maximum atomic E-state index is 12.1. The molecule has 0 aromatic heterocycles. The first kappa shape index (κ1) is 19.4. The molecule has 1 aliphatic heterocycles. The predicted octanol–water partition coefficient (Wildman–Crippen LogP) is -0.179. The first-order valence-electron chi connectivity index (χ1n) is 7.77. The van der Waals surface area contributed by atoms with Crippen LogP contribution in [0.25, 0.3) is 0 Å². The van der Waals surface area contributed by atoms with Gasteiger partial charge in [-0.1, -0.05) is 0 Å². The number of piperidine rings is 1. The molecular formula is C15H26N2O6. The Morgan fingerprint density at radius 2 is 1.83 bits per heavy atom. The lowest BCUT2D eigenvalue weighted by molar-refractivity contribution is -0.146. The van der Waals surface area contributed by atoms with Crippen molar-refractivity contribution in [3.05, 3.63) is 0 Å². The molecule has 8 nitrogen and oxygen atoms in total. The van der Waals surface area contributed by atoms with Crippen molar-refractivity contribution < 1.29 is 29.0 Å². The van der Waals surface area contributed by atoms with Crippen molar-refractivity contribution in [1.82, 2.24) is 9.80 Å². The molecule has 0 aromatic rings. The highest BCUT2D eigenvalue weighted by molar-refractivity contribution is 5.85. The second-order valence-electron chi connectivity index (χ2n) is 5.60. The number of aliphatic carboxylic acids is 1. The molecule has 1 fully saturated rings. The Labute approximate surface area is 136 Å². The first-order valence-corrected chi connectivity index (χ1v) is 7.77. The van der Waals surface area contributed by atoms with Crippen molar-refractivity contribution in [2.75, 3.05) is 53.6 Å². The molecule has 0 bridgehead atoms. The van der Waals surface area contributed by atoms with Crippen LogP contribution >= 0.6 is 0 Å². The van der Waals surface area contributed by atoms with Gasteiger partial charge in [0.2, 0.25) is 11.8 Å². The van der Waals surface area contributed by atoms with E-state index in [9.17, 15) is 14.4 Å². The molecule has 0 unspecified atom stereocenters. The Morgan fingerprint density at radius 1 is 1.17 bits per heavy atom. The van der Waals surface area contributed by atoms with Crippen LogP contribution in [0.4, 0.5) is 0 Å². The zero-order chi connectivity index (χ0) is 17.2. The zero-order valence-electron chi connectivity index (χ0n) is 13.8. The number of carbonyl (C=O) groups is 3. The monoisotopic (exact) mass is 330 g/mol. The molecule has 0 spiro atoms. The summed E-state index contributed by atoms with van der Waals surface area (Å²) < 4.78 is 10.1. The maximum Gasteiger partial charge on any atom is 0.306 e. The Balaban J connectivity index is 2.25. The lowest BCUT2D eigenvalue weighted by atomic mass is 9.97. The molecule has 23 heavy (non-hydrogen) atoms. The van der Waals surface area contributed by atoms with Gasteiger partial charge in [0.25, 0.3) is 0 Å². The quantitative estimate of drug-likeness (QED) is 0.589. The van der Waals surface area contributed by atoms with Crippen LogP contribution in [0.3, 0.4) is 0 Å². The summed E-state index contributed by atoms with van der Waals surface area (Å²) in [6.07, 6.45) is 1.15. The maximum absolute atomic E-state index is 12.1. The van der Waals surface area contributed by atoms with Crippen LogP contribution in [-0.4, -0.2) is 86.3 Å². The minimum Gasteiger partial charge on any atom is -0.481 e. The standard InChI is InChI=1S/C15H26N2O6/c1-16(13(18)5-8-23-10-9-22-2)11-14(19)17-6-3-12(4-7-17)15(20)21/h12H,3-11H2,1-2H3,(H,20,21). The van der Waals surface area contributed by atoms with E-state index < -0.39 is 5.97 Å². The highest BCUT2D eigenvalue weighted by Gasteiger charge is 2.27. The second kappa shape index (κ2) is 10.2. The number of likely N-dealkylation sites (N-methyl/N-ethyl adjacent to an activating group) is 1. The van der Waals surface area contributed by atoms with E-state index in [1.807, 2.05) is 0 Å². The molecule has 1 saturated heterocycles. The van der Waals surface area contributed by atoms with E-state index in [0.717, 1.165) is 0 Å². The second-order valence-corrected chi connectivity index (χ2v) is 5.60. The average molecular weight is 330 g/mol. The van der Waals surface area contributed by atoms with E-state index in [1.54, 1.807) is 19.1 Å². The number of nitrogens with zero attached hydrogens (tertiary/aromatic N) is 2. The van der Waals surface area contributed by atoms with Gasteiger partial charge >= 0.3 is 5.97 Å². The van der Waals surface area contributed by atoms with Crippen molar-refractivity contribution in [2.24, 2.45) is 5.92 Å². The van der Waals surface area contributed by atoms with Gasteiger partial charge in [-0.2, -0.15) is 0 Å². The number of carboxylic acid groups (broad SMARTS) is 1. The van der Waals surface area contributed by atoms with Crippen molar-refractivity contribution in [3.8, 4) is 0 Å². The van der Waals surface area contributed by atoms with Crippen LogP contribution in [0.2, 0.25) is 0 Å². The van der Waals surface area contributed by atoms with Crippen LogP contribution in [-0.2, 0) is 23.9 Å². The number of carboxylic acids is 1. The molecule has 0 aliphatic carbocycles. The molecule has 1 heterocycles. The van der Waals surface area contributed by atoms with Gasteiger partial charge in [-0.25, -0.2) is 0 Å². The average Bonchev–Trinajstić information content (AvgIpc) is 2.54. The van der Waals surface area contributed by atoms with E-state index in [2.05, 4.69) is 0 Å². The van der Waals surface area contributed by atoms with Crippen LogP contribution in [0.1, 0.15) is 19.3 Å². The summed E-state index contributed by atoms with van der Waals surface area (Å²) in [7, 11) is 3.16. The molecule has 0 radical (unpaired) electrons. The molecule has 132 valence electrons. The largest absolute Gasteiger partial charge is 0.481 e. The Bertz CT molecular complexity index is 407. The molecule has 0 saturated carbocycles. The lowest BCUT2D eigenvalue weighted by Crippen LogP contribution is -2.45. The number of hydrogen-bond donors (Lipinski definition) is 1. The van der Waals surface area contributed by atoms with Gasteiger partial charge in [0.05, 0.1) is 38.7 Å². The minimum atomic E-state index is -0.808. The Kier molecular flexibility index (Phi) is 8.57. The van der Waals surface area contributed by atoms with Crippen molar-refractivity contribution in [1.29, 1.82) is 0 Å². The molecule has 0 aromatic carbocycles. The van der Waals surface area contributed by atoms with Crippen molar-refractivity contribution in [3.63, 3.8) is 0 Å². The molecule has 0 atom stereocenters. The zero-order valence-corrected chi connectivity index (χ0v) is 13.8. The third kappa shape index (κ3) is 6.96. The third-order valence-electron chi connectivity index (χ3n) is 3.89. The minimum absolute atomic E-state index is 0.00857. The van der Waals surface area contributed by atoms with Crippen LogP contribution < -0.4 is 0 Å². The van der Waals surface area contributed by atoms with Crippen LogP contribution in [0.5, 0.6) is 0 Å². The fourth-order valence-electron chi connectivity index (χ4n) is 2.36. The fourth-order valence-corrected chi connectivity index (χ4v) is 2.36. The van der Waals surface area contributed by atoms with Gasteiger partial charge in [-0.15, -0.1) is 0 Å². The summed E-state index contributed by atoms with van der Waals surface area (Å²) in [5, 5.41) is 8.94. The smallest absolute Gasteiger partial charge is 0.306 e. The van der Waals surface area contributed by atoms with Gasteiger partial charge in [-0.3, -0.25) is 14.4 Å². The van der Waals surface area contributed by atoms with E-state index in [-0.39, 0.29) is 30.7 Å². The van der Waals surface area contributed by atoms with Crippen LogP contribution in [0.15, 0.2) is 0 Å². The molecule has 1 N–H and O–H groups in total. The summed E-state index contributed by atoms with van der Waals surface area (Å²) in [5.74, 6) is -1.48. The molecule has 1 aliphatic rings. The number of carbonyl (C=O) groups excluding carboxylic acids is 2. The van der Waals surface area contributed by atoms with E-state index in [4.69, 9.17) is 14.6 Å². The number of likely N-dealkylation sites (tertiary alicyclic amines) is 1. The van der Waals surface area contributed by atoms with Gasteiger partial charge in [0, 0.05) is 27.2 Å². The summed E-state index contributed by atoms with van der Waals surface area (Å²) in [6, 6.07) is 0. The Hall–Kier alpha value is -1.67. The fraction of sp³-hybridized carbons (Fsp3) is 0.800. The van der Waals surface area contributed by atoms with Gasteiger partial charge < -0.3 is 24.4 Å². The lowest BCUT2D eigenvalue weighted by Gasteiger charge is -2.31. The van der Waals surface area contributed by atoms with E-state index in [1.165, 1.54) is 4.90 Å². The third-order valence-corrected chi connectivity index (χ3v) is 3.89. The van der Waals surface area contributed by atoms with Gasteiger partial charge in [0.15, 0.2) is 0 Å². The molecule has 2 amide bonds. The summed E-state index contributed by atoms with van der Waals surface area (Å²) >= 11 is 0. The summed E-state index contributed by atoms with van der Waals surface area (Å²) in [4.78, 5) is 37.9. The van der Waals surface area contributed by atoms with Gasteiger partial charge in [-0.05, 0) is 12.8 Å². The number of rotatable bonds is 9. The first-order chi connectivity index (χ1) is 11.0. The van der Waals surface area contributed by atoms with Crippen LogP contribution in [0, 0.1) is 5.92 Å². The normalized spacial score (nSPS) is 15.5.